The van der Waals surface area contributed by atoms with Crippen molar-refractivity contribution in [2.24, 2.45) is 22.9 Å². The number of nitrogens with two attached hydrogens (primary N) is 4. The summed E-state index contributed by atoms with van der Waals surface area (Å²) in [5.41, 5.74) is 31.8. The lowest BCUT2D eigenvalue weighted by Gasteiger charge is -2.00. The zero-order valence-corrected chi connectivity index (χ0v) is 31.8. The van der Waals surface area contributed by atoms with Gasteiger partial charge in [0, 0.05) is 35.1 Å². The number of aryl methyl sites for hydroxylation is 2. The minimum atomic E-state index is 0.0131. The highest BCUT2D eigenvalue weighted by Gasteiger charge is 2.09. The van der Waals surface area contributed by atoms with Gasteiger partial charge >= 0.3 is 0 Å². The number of nitrogens with one attached hydrogen (secondary N) is 8. The van der Waals surface area contributed by atoms with Gasteiger partial charge in [-0.05, 0) is 97.8 Å². The molecule has 16 N–H and O–H groups in total. The molecule has 0 aliphatic carbocycles. The Hall–Kier alpha value is -7.62. The number of hydrogen-bond donors (Lipinski definition) is 12. The van der Waals surface area contributed by atoms with Crippen LogP contribution in [0.4, 0.5) is 0 Å². The third-order valence-electron chi connectivity index (χ3n) is 9.79. The molecule has 8 rings (SSSR count). The molecule has 0 aliphatic rings. The quantitative estimate of drug-likeness (QED) is 0.0317. The van der Waals surface area contributed by atoms with Gasteiger partial charge in [0.15, 0.2) is 0 Å². The summed E-state index contributed by atoms with van der Waals surface area (Å²) >= 11 is 0. The van der Waals surface area contributed by atoms with E-state index in [1.165, 1.54) is 25.7 Å². The average Bonchev–Trinajstić information content (AvgIpc) is 4.00. The number of rotatable bonds is 15. The second kappa shape index (κ2) is 17.0. The van der Waals surface area contributed by atoms with Crippen LogP contribution in [0.25, 0.3) is 56.3 Å². The predicted molar refractivity (Wildman–Crippen MR) is 232 cm³/mol. The highest BCUT2D eigenvalue weighted by atomic mass is 14.9. The average molecular weight is 775 g/mol. The first-order valence-electron chi connectivity index (χ1n) is 19.0. The van der Waals surface area contributed by atoms with E-state index >= 15 is 0 Å². The van der Waals surface area contributed by atoms with E-state index < -0.39 is 0 Å². The van der Waals surface area contributed by atoms with Gasteiger partial charge in [-0.25, -0.2) is 19.9 Å². The fourth-order valence-electron chi connectivity index (χ4n) is 6.68. The van der Waals surface area contributed by atoms with Crippen LogP contribution in [-0.4, -0.2) is 63.2 Å². The number of H-pyrrole nitrogens is 4. The number of aromatic nitrogens is 8. The minimum absolute atomic E-state index is 0.0131. The Morgan fingerprint density at radius 1 is 0.414 bits per heavy atom. The maximum absolute atomic E-state index is 7.54. The van der Waals surface area contributed by atoms with Gasteiger partial charge in [-0.1, -0.05) is 25.7 Å². The van der Waals surface area contributed by atoms with Crippen LogP contribution < -0.4 is 22.9 Å². The molecule has 0 atom stereocenters. The van der Waals surface area contributed by atoms with Crippen LogP contribution in [0.2, 0.25) is 0 Å². The fraction of sp³-hybridized carbons (Fsp3) is 0.190. The third-order valence-corrected chi connectivity index (χ3v) is 9.79. The number of unbranched alkanes of at least 4 members (excludes halogenated alkanes) is 5. The summed E-state index contributed by atoms with van der Waals surface area (Å²) in [7, 11) is 0. The van der Waals surface area contributed by atoms with Gasteiger partial charge in [0.25, 0.3) is 0 Å². The van der Waals surface area contributed by atoms with Crippen LogP contribution in [0.1, 0.15) is 84.1 Å². The van der Waals surface area contributed by atoms with Crippen molar-refractivity contribution >= 4 is 79.6 Å². The van der Waals surface area contributed by atoms with E-state index in [0.717, 1.165) is 81.5 Å². The molecular formula is C42H46N16. The number of amidine groups is 4. The molecule has 58 heavy (non-hydrogen) atoms. The van der Waals surface area contributed by atoms with Crippen molar-refractivity contribution in [2.75, 3.05) is 0 Å². The highest BCUT2D eigenvalue weighted by Crippen LogP contribution is 2.20. The molecule has 294 valence electrons. The van der Waals surface area contributed by atoms with Crippen LogP contribution in [0.3, 0.4) is 0 Å². The van der Waals surface area contributed by atoms with E-state index in [-0.39, 0.29) is 23.3 Å². The Morgan fingerprint density at radius 3 is 1.03 bits per heavy atom. The summed E-state index contributed by atoms with van der Waals surface area (Å²) in [5.74, 6) is 3.50. The molecular weight excluding hydrogens is 729 g/mol. The molecule has 0 fully saturated rings. The molecule has 0 aliphatic heterocycles. The molecule has 0 radical (unpaired) electrons. The maximum atomic E-state index is 7.54. The van der Waals surface area contributed by atoms with Crippen LogP contribution >= 0.6 is 0 Å². The van der Waals surface area contributed by atoms with E-state index in [2.05, 4.69) is 39.9 Å². The lowest BCUT2D eigenvalue weighted by atomic mass is 10.1. The van der Waals surface area contributed by atoms with Gasteiger partial charge < -0.3 is 42.9 Å². The Kier molecular flexibility index (Phi) is 11.3. The first-order chi connectivity index (χ1) is 28.0. The topological polar surface area (TPSA) is 314 Å². The van der Waals surface area contributed by atoms with Crippen LogP contribution in [-0.2, 0) is 12.8 Å². The summed E-state index contributed by atoms with van der Waals surface area (Å²) < 4.78 is 0. The van der Waals surface area contributed by atoms with Crippen molar-refractivity contribution in [3.05, 3.63) is 118 Å². The summed E-state index contributed by atoms with van der Waals surface area (Å²) in [5, 5.41) is 30.1. The lowest BCUT2D eigenvalue weighted by molar-refractivity contribution is 0.586. The van der Waals surface area contributed by atoms with Crippen molar-refractivity contribution in [3.8, 4) is 0 Å². The molecule has 4 aromatic heterocycles. The molecule has 0 saturated carbocycles. The first kappa shape index (κ1) is 38.6. The Balaban J connectivity index is 0.000000180. The van der Waals surface area contributed by atoms with Gasteiger partial charge in [-0.2, -0.15) is 0 Å². The third kappa shape index (κ3) is 9.25. The van der Waals surface area contributed by atoms with E-state index in [1.54, 1.807) is 24.3 Å². The molecule has 0 spiro atoms. The smallest absolute Gasteiger partial charge is 0.131 e. The molecule has 16 heteroatoms. The van der Waals surface area contributed by atoms with E-state index in [9.17, 15) is 0 Å². The fourth-order valence-corrected chi connectivity index (χ4v) is 6.68. The molecule has 4 heterocycles. The predicted octanol–water partition coefficient (Wildman–Crippen LogP) is 6.31. The van der Waals surface area contributed by atoms with Crippen molar-refractivity contribution in [1.29, 1.82) is 21.6 Å². The summed E-state index contributed by atoms with van der Waals surface area (Å²) in [4.78, 5) is 31.3. The van der Waals surface area contributed by atoms with Crippen molar-refractivity contribution in [2.45, 2.75) is 51.4 Å². The van der Waals surface area contributed by atoms with Crippen LogP contribution in [0, 0.1) is 21.6 Å². The Labute approximate surface area is 333 Å². The number of nitrogens with zero attached hydrogens (tertiary/aromatic N) is 4. The molecule has 0 bridgehead atoms. The van der Waals surface area contributed by atoms with Gasteiger partial charge in [-0.15, -0.1) is 0 Å². The van der Waals surface area contributed by atoms with Gasteiger partial charge in [0.1, 0.15) is 46.6 Å². The normalized spacial score (nSPS) is 11.4. The van der Waals surface area contributed by atoms with Crippen molar-refractivity contribution in [3.63, 3.8) is 0 Å². The molecule has 0 unspecified atom stereocenters. The number of fused-ring (bicyclic) bond motifs is 4. The summed E-state index contributed by atoms with van der Waals surface area (Å²) in [6, 6.07) is 22.1. The lowest BCUT2D eigenvalue weighted by Crippen LogP contribution is -2.10. The largest absolute Gasteiger partial charge is 0.384 e. The molecule has 4 aromatic carbocycles. The zero-order chi connectivity index (χ0) is 40.8. The zero-order valence-electron chi connectivity index (χ0n) is 31.8. The highest BCUT2D eigenvalue weighted by molar-refractivity contribution is 6.00. The Morgan fingerprint density at radius 2 is 0.707 bits per heavy atom. The SMILES string of the molecule is N=C(N)c1ccc2[nH]c(C=Cc3nc4cc(C(=N)N)ccc4[nH]3)nc2c1.N=C(N)c1ccc2[nH]c(CCCCCCCCc3nc4cc(C(=N)N)ccc4[nH]3)nc2c1. The van der Waals surface area contributed by atoms with Crippen LogP contribution in [0.15, 0.2) is 72.8 Å². The molecule has 16 nitrogen and oxygen atoms in total. The van der Waals surface area contributed by atoms with Crippen LogP contribution in [0.5, 0.6) is 0 Å². The van der Waals surface area contributed by atoms with Crippen molar-refractivity contribution in [1.82, 2.24) is 39.9 Å². The van der Waals surface area contributed by atoms with E-state index in [0.29, 0.717) is 33.9 Å². The molecule has 0 amide bonds. The second-order valence-corrected chi connectivity index (χ2v) is 14.1. The number of nitrogen functional groups attached to an aromatic ring is 4. The Bertz CT molecular complexity index is 2640. The van der Waals surface area contributed by atoms with E-state index in [4.69, 9.17) is 44.6 Å². The number of benzene rings is 4. The van der Waals surface area contributed by atoms with E-state index in [1.807, 2.05) is 60.7 Å². The monoisotopic (exact) mass is 774 g/mol. The number of aromatic amines is 4. The number of imidazole rings is 4. The minimum Gasteiger partial charge on any atom is -0.384 e. The first-order valence-corrected chi connectivity index (χ1v) is 19.0. The molecule has 8 aromatic rings. The summed E-state index contributed by atoms with van der Waals surface area (Å²) in [6.07, 6.45) is 12.5. The van der Waals surface area contributed by atoms with Gasteiger partial charge in [0.2, 0.25) is 0 Å². The van der Waals surface area contributed by atoms with Crippen molar-refractivity contribution < 1.29 is 0 Å². The van der Waals surface area contributed by atoms with Gasteiger partial charge in [-0.3, -0.25) is 21.6 Å². The maximum Gasteiger partial charge on any atom is 0.131 e. The van der Waals surface area contributed by atoms with Gasteiger partial charge in [0.05, 0.1) is 44.1 Å². The second-order valence-electron chi connectivity index (χ2n) is 14.1. The standard InChI is InChI=1S/C24H30N8.C18H16N8/c25-23(26)15-9-11-17-19(13-15)31-21(29-17)7-5-3-1-2-4-6-8-22-30-18-12-10-16(24(27)28)14-20(18)32-22;19-17(20)9-1-3-11-13(7-9)25-15(23-11)5-6-16-24-12-4-2-10(18(21)22)8-14(12)26-16/h9-14H,1-8H2,(H3,25,26)(H3,27,28)(H,29,31)(H,30,32);1-8H,(H3,19,20)(H3,21,22)(H,23,25)(H,24,26). The molecule has 0 saturated heterocycles. The number of hydrogen-bond acceptors (Lipinski definition) is 8. The summed E-state index contributed by atoms with van der Waals surface area (Å²) in [6.45, 7) is 0.